The molecule has 0 fully saturated rings. The quantitative estimate of drug-likeness (QED) is 0.737. The molecule has 0 aliphatic rings. The van der Waals surface area contributed by atoms with E-state index in [9.17, 15) is 9.59 Å². The second-order valence-corrected chi connectivity index (χ2v) is 5.48. The molecule has 0 aliphatic heterocycles. The molecule has 3 rings (SSSR count). The van der Waals surface area contributed by atoms with Gasteiger partial charge in [-0.15, -0.1) is 0 Å². The molecule has 0 saturated heterocycles. The van der Waals surface area contributed by atoms with Crippen LogP contribution in [0.4, 0.5) is 5.69 Å². The lowest BCUT2D eigenvalue weighted by Crippen LogP contribution is -2.13. The Balaban J connectivity index is 1.96. The first-order valence-corrected chi connectivity index (χ1v) is 7.59. The van der Waals surface area contributed by atoms with E-state index in [-0.39, 0.29) is 5.91 Å². The molecular weight excluding hydrogens is 322 g/mol. The molecule has 0 radical (unpaired) electrons. The summed E-state index contributed by atoms with van der Waals surface area (Å²) in [6, 6.07) is 11.6. The Morgan fingerprint density at radius 3 is 2.56 bits per heavy atom. The molecular formula is C19H17NO5. The van der Waals surface area contributed by atoms with Crippen LogP contribution in [0.1, 0.15) is 15.9 Å². The smallest absolute Gasteiger partial charge is 0.336 e. The third-order valence-corrected chi connectivity index (χ3v) is 3.86. The summed E-state index contributed by atoms with van der Waals surface area (Å²) >= 11 is 0. The van der Waals surface area contributed by atoms with Gasteiger partial charge in [-0.05, 0) is 42.8 Å². The molecule has 0 saturated carbocycles. The largest absolute Gasteiger partial charge is 0.497 e. The van der Waals surface area contributed by atoms with Crippen LogP contribution in [0.25, 0.3) is 11.0 Å². The van der Waals surface area contributed by atoms with Gasteiger partial charge in [-0.25, -0.2) is 4.79 Å². The predicted octanol–water partition coefficient (Wildman–Crippen LogP) is 3.37. The Kier molecular flexibility index (Phi) is 4.43. The first kappa shape index (κ1) is 16.6. The molecule has 1 heterocycles. The number of carbonyl (C=O) groups is 1. The van der Waals surface area contributed by atoms with E-state index in [1.165, 1.54) is 20.3 Å². The van der Waals surface area contributed by atoms with E-state index in [4.69, 9.17) is 13.9 Å². The molecule has 6 nitrogen and oxygen atoms in total. The fourth-order valence-electron chi connectivity index (χ4n) is 2.59. The summed E-state index contributed by atoms with van der Waals surface area (Å²) in [5.74, 6) is 0.623. The van der Waals surface area contributed by atoms with Gasteiger partial charge < -0.3 is 19.2 Å². The normalized spacial score (nSPS) is 10.5. The number of hydrogen-bond acceptors (Lipinski definition) is 5. The number of nitrogens with one attached hydrogen (secondary N) is 1. The zero-order chi connectivity index (χ0) is 18.0. The van der Waals surface area contributed by atoms with Crippen LogP contribution < -0.4 is 20.4 Å². The van der Waals surface area contributed by atoms with Crippen LogP contribution in [0.5, 0.6) is 11.5 Å². The second-order valence-electron chi connectivity index (χ2n) is 5.48. The minimum absolute atomic E-state index is 0.340. The van der Waals surface area contributed by atoms with Gasteiger partial charge in [-0.1, -0.05) is 0 Å². The number of benzene rings is 2. The van der Waals surface area contributed by atoms with E-state index in [2.05, 4.69) is 5.32 Å². The number of aryl methyl sites for hydroxylation is 1. The summed E-state index contributed by atoms with van der Waals surface area (Å²) in [6.45, 7) is 1.83. The van der Waals surface area contributed by atoms with Crippen molar-refractivity contribution in [2.75, 3.05) is 19.5 Å². The molecule has 128 valence electrons. The predicted molar refractivity (Wildman–Crippen MR) is 94.7 cm³/mol. The van der Waals surface area contributed by atoms with Crippen molar-refractivity contribution in [2.45, 2.75) is 6.92 Å². The average Bonchev–Trinajstić information content (AvgIpc) is 2.60. The van der Waals surface area contributed by atoms with E-state index < -0.39 is 5.63 Å². The highest BCUT2D eigenvalue weighted by atomic mass is 16.5. The van der Waals surface area contributed by atoms with Gasteiger partial charge in [-0.2, -0.15) is 0 Å². The standard InChI is InChI=1S/C19H17NO5/c1-11-8-18(21)25-17-9-12(4-6-14(11)17)20-19(22)15-10-13(23-2)5-7-16(15)24-3/h4-10H,1-3H3,(H,20,22). The lowest BCUT2D eigenvalue weighted by Gasteiger charge is -2.11. The molecule has 1 N–H and O–H groups in total. The highest BCUT2D eigenvalue weighted by Crippen LogP contribution is 2.26. The van der Waals surface area contributed by atoms with E-state index in [1.54, 1.807) is 36.4 Å². The molecule has 2 aromatic carbocycles. The fraction of sp³-hybridized carbons (Fsp3) is 0.158. The van der Waals surface area contributed by atoms with E-state index in [0.717, 1.165) is 10.9 Å². The molecule has 25 heavy (non-hydrogen) atoms. The molecule has 0 atom stereocenters. The number of carbonyl (C=O) groups excluding carboxylic acids is 1. The Bertz CT molecular complexity index is 1010. The minimum Gasteiger partial charge on any atom is -0.497 e. The third-order valence-electron chi connectivity index (χ3n) is 3.86. The Hall–Kier alpha value is -3.28. The SMILES string of the molecule is COc1ccc(OC)c(C(=O)Nc2ccc3c(C)cc(=O)oc3c2)c1. The minimum atomic E-state index is -0.428. The van der Waals surface area contributed by atoms with Crippen molar-refractivity contribution >= 4 is 22.6 Å². The highest BCUT2D eigenvalue weighted by molar-refractivity contribution is 6.07. The summed E-state index contributed by atoms with van der Waals surface area (Å²) in [6.07, 6.45) is 0. The van der Waals surface area contributed by atoms with Gasteiger partial charge in [0.15, 0.2) is 0 Å². The van der Waals surface area contributed by atoms with Crippen LogP contribution in [0.2, 0.25) is 0 Å². The third kappa shape index (κ3) is 3.33. The summed E-state index contributed by atoms with van der Waals surface area (Å²) in [4.78, 5) is 24.1. The van der Waals surface area contributed by atoms with Crippen molar-refractivity contribution in [1.29, 1.82) is 0 Å². The maximum absolute atomic E-state index is 12.6. The zero-order valence-corrected chi connectivity index (χ0v) is 14.1. The topological polar surface area (TPSA) is 77.8 Å². The number of hydrogen-bond donors (Lipinski definition) is 1. The second kappa shape index (κ2) is 6.68. The van der Waals surface area contributed by atoms with Gasteiger partial charge in [0.1, 0.15) is 17.1 Å². The number of rotatable bonds is 4. The van der Waals surface area contributed by atoms with Crippen LogP contribution in [0, 0.1) is 6.92 Å². The summed E-state index contributed by atoms with van der Waals surface area (Å²) in [5.41, 5.74) is 1.66. The number of methoxy groups -OCH3 is 2. The van der Waals surface area contributed by atoms with Gasteiger partial charge in [0.25, 0.3) is 5.91 Å². The first-order chi connectivity index (χ1) is 12.0. The van der Waals surface area contributed by atoms with Crippen molar-refractivity contribution < 1.29 is 18.7 Å². The molecule has 0 unspecified atom stereocenters. The maximum Gasteiger partial charge on any atom is 0.336 e. The Labute approximate surface area is 144 Å². The van der Waals surface area contributed by atoms with Crippen LogP contribution in [-0.4, -0.2) is 20.1 Å². The van der Waals surface area contributed by atoms with Crippen molar-refractivity contribution in [3.05, 3.63) is 64.0 Å². The molecule has 1 aromatic heterocycles. The zero-order valence-electron chi connectivity index (χ0n) is 14.1. The van der Waals surface area contributed by atoms with Crippen molar-refractivity contribution in [2.24, 2.45) is 0 Å². The molecule has 0 spiro atoms. The Morgan fingerprint density at radius 1 is 1.04 bits per heavy atom. The monoisotopic (exact) mass is 339 g/mol. The fourth-order valence-corrected chi connectivity index (χ4v) is 2.59. The summed E-state index contributed by atoms with van der Waals surface area (Å²) in [5, 5.41) is 3.60. The highest BCUT2D eigenvalue weighted by Gasteiger charge is 2.14. The lowest BCUT2D eigenvalue weighted by atomic mass is 10.1. The summed E-state index contributed by atoms with van der Waals surface area (Å²) < 4.78 is 15.6. The molecule has 0 aliphatic carbocycles. The van der Waals surface area contributed by atoms with Crippen molar-refractivity contribution in [1.82, 2.24) is 0 Å². The van der Waals surface area contributed by atoms with Gasteiger partial charge in [-0.3, -0.25) is 4.79 Å². The van der Waals surface area contributed by atoms with Crippen molar-refractivity contribution in [3.8, 4) is 11.5 Å². The number of fused-ring (bicyclic) bond motifs is 1. The van der Waals surface area contributed by atoms with E-state index in [1.807, 2.05) is 6.92 Å². The van der Waals surface area contributed by atoms with Gasteiger partial charge in [0, 0.05) is 23.2 Å². The number of ether oxygens (including phenoxy) is 2. The van der Waals surface area contributed by atoms with Gasteiger partial charge in [0.2, 0.25) is 0 Å². The first-order valence-electron chi connectivity index (χ1n) is 7.59. The van der Waals surface area contributed by atoms with Crippen LogP contribution in [0.15, 0.2) is 51.7 Å². The van der Waals surface area contributed by atoms with E-state index >= 15 is 0 Å². The molecule has 3 aromatic rings. The molecule has 1 amide bonds. The lowest BCUT2D eigenvalue weighted by molar-refractivity contribution is 0.102. The number of anilines is 1. The van der Waals surface area contributed by atoms with E-state index in [0.29, 0.717) is 28.3 Å². The Morgan fingerprint density at radius 2 is 1.84 bits per heavy atom. The van der Waals surface area contributed by atoms with Crippen LogP contribution >= 0.6 is 0 Å². The van der Waals surface area contributed by atoms with Crippen LogP contribution in [0.3, 0.4) is 0 Å². The summed E-state index contributed by atoms with van der Waals surface area (Å²) in [7, 11) is 3.02. The van der Waals surface area contributed by atoms with Crippen LogP contribution in [-0.2, 0) is 0 Å². The maximum atomic E-state index is 12.6. The van der Waals surface area contributed by atoms with Crippen molar-refractivity contribution in [3.63, 3.8) is 0 Å². The number of amides is 1. The molecule has 0 bridgehead atoms. The molecule has 6 heteroatoms. The van der Waals surface area contributed by atoms with Gasteiger partial charge >= 0.3 is 5.63 Å². The average molecular weight is 339 g/mol. The van der Waals surface area contributed by atoms with Gasteiger partial charge in [0.05, 0.1) is 19.8 Å².